The summed E-state index contributed by atoms with van der Waals surface area (Å²) in [7, 11) is 0. The van der Waals surface area contributed by atoms with Crippen LogP contribution in [0.25, 0.3) is 0 Å². The van der Waals surface area contributed by atoms with E-state index in [2.05, 4.69) is 9.98 Å². The molecule has 122 valence electrons. The molecule has 0 saturated carbocycles. The van der Waals surface area contributed by atoms with Gasteiger partial charge in [0.05, 0.1) is 33.8 Å². The molecule has 0 aliphatic carbocycles. The van der Waals surface area contributed by atoms with Crippen LogP contribution in [-0.2, 0) is 0 Å². The molecule has 2 heterocycles. The summed E-state index contributed by atoms with van der Waals surface area (Å²) in [4.78, 5) is 8.61. The third-order valence-corrected chi connectivity index (χ3v) is 3.81. The Hall–Kier alpha value is -2.30. The van der Waals surface area contributed by atoms with Gasteiger partial charge in [-0.15, -0.1) is 0 Å². The molecule has 2 aromatic heterocycles. The second kappa shape index (κ2) is 7.07. The maximum Gasteiger partial charge on any atom is 0.145 e. The van der Waals surface area contributed by atoms with Crippen molar-refractivity contribution >= 4 is 47.0 Å². The topological polar surface area (TPSA) is 51.0 Å². The highest BCUT2D eigenvalue weighted by Gasteiger charge is 2.06. The fraction of sp³-hybridized carbons (Fsp3) is 0.111. The van der Waals surface area contributed by atoms with Crippen LogP contribution in [-0.4, -0.2) is 12.4 Å². The van der Waals surface area contributed by atoms with Crippen LogP contribution in [0.3, 0.4) is 0 Å². The normalized spacial score (nSPS) is 11.8. The molecule has 0 aliphatic heterocycles. The largest absolute Gasteiger partial charge is 0.460 e. The zero-order valence-corrected chi connectivity index (χ0v) is 14.6. The van der Waals surface area contributed by atoms with E-state index in [9.17, 15) is 0 Å². The number of hydrogen-bond donors (Lipinski definition) is 0. The van der Waals surface area contributed by atoms with Gasteiger partial charge < -0.3 is 8.83 Å². The van der Waals surface area contributed by atoms with Crippen molar-refractivity contribution in [3.8, 4) is 0 Å². The van der Waals surface area contributed by atoms with Crippen LogP contribution in [0.4, 0.5) is 11.4 Å². The summed E-state index contributed by atoms with van der Waals surface area (Å²) in [6.45, 7) is 3.74. The number of aliphatic imine (C=N–C) groups is 2. The standard InChI is InChI=1S/C18H14Cl2N2O2/c1-11-3-5-13(23-11)9-21-17-7-16(20)18(8-15(17)19)22-10-14-6-4-12(2)24-14/h3-10H,1-2H3. The lowest BCUT2D eigenvalue weighted by atomic mass is 10.3. The second-order valence-electron chi connectivity index (χ2n) is 5.17. The SMILES string of the molecule is Cc1ccc(C=Nc2cc(Cl)c(N=Cc3ccc(C)o3)cc2Cl)o1. The van der Waals surface area contributed by atoms with Crippen LogP contribution >= 0.6 is 23.2 Å². The van der Waals surface area contributed by atoms with E-state index < -0.39 is 0 Å². The molecular weight excluding hydrogens is 347 g/mol. The van der Waals surface area contributed by atoms with Crippen LogP contribution in [0.2, 0.25) is 10.0 Å². The summed E-state index contributed by atoms with van der Waals surface area (Å²) in [6, 6.07) is 10.7. The van der Waals surface area contributed by atoms with Crippen LogP contribution < -0.4 is 0 Å². The van der Waals surface area contributed by atoms with Gasteiger partial charge in [0.15, 0.2) is 0 Å². The first-order valence-corrected chi connectivity index (χ1v) is 7.97. The van der Waals surface area contributed by atoms with E-state index in [1.54, 1.807) is 24.6 Å². The van der Waals surface area contributed by atoms with Gasteiger partial charge in [-0.3, -0.25) is 9.98 Å². The molecule has 24 heavy (non-hydrogen) atoms. The summed E-state index contributed by atoms with van der Waals surface area (Å²) in [5, 5.41) is 0.892. The van der Waals surface area contributed by atoms with Crippen LogP contribution in [0.1, 0.15) is 23.0 Å². The van der Waals surface area contributed by atoms with Crippen molar-refractivity contribution in [2.45, 2.75) is 13.8 Å². The third kappa shape index (κ3) is 3.96. The average Bonchev–Trinajstić information content (AvgIpc) is 3.14. The minimum atomic E-state index is 0.446. The van der Waals surface area contributed by atoms with Crippen molar-refractivity contribution in [1.82, 2.24) is 0 Å². The first-order chi connectivity index (χ1) is 11.5. The number of nitrogens with zero attached hydrogens (tertiary/aromatic N) is 2. The van der Waals surface area contributed by atoms with Crippen molar-refractivity contribution in [3.63, 3.8) is 0 Å². The molecule has 3 aromatic rings. The molecule has 0 atom stereocenters. The summed E-state index contributed by atoms with van der Waals surface area (Å²) in [5.74, 6) is 2.93. The molecule has 0 amide bonds. The number of hydrogen-bond acceptors (Lipinski definition) is 4. The molecule has 0 spiro atoms. The van der Waals surface area contributed by atoms with Crippen molar-refractivity contribution in [2.24, 2.45) is 9.98 Å². The molecule has 3 rings (SSSR count). The molecule has 0 bridgehead atoms. The molecular formula is C18H14Cl2N2O2. The number of furan rings is 2. The average molecular weight is 361 g/mol. The Kier molecular flexibility index (Phi) is 4.88. The second-order valence-corrected chi connectivity index (χ2v) is 5.98. The zero-order chi connectivity index (χ0) is 17.1. The van der Waals surface area contributed by atoms with Crippen molar-refractivity contribution in [2.75, 3.05) is 0 Å². The van der Waals surface area contributed by atoms with E-state index in [1.165, 1.54) is 0 Å². The number of halogens is 2. The van der Waals surface area contributed by atoms with Crippen molar-refractivity contribution in [1.29, 1.82) is 0 Å². The van der Waals surface area contributed by atoms with Gasteiger partial charge in [-0.05, 0) is 50.2 Å². The summed E-state index contributed by atoms with van der Waals surface area (Å²) >= 11 is 12.5. The smallest absolute Gasteiger partial charge is 0.145 e. The molecule has 0 unspecified atom stereocenters. The highest BCUT2D eigenvalue weighted by Crippen LogP contribution is 2.36. The molecule has 0 saturated heterocycles. The Morgan fingerprint density at radius 2 is 1.17 bits per heavy atom. The molecule has 0 aliphatic rings. The van der Waals surface area contributed by atoms with E-state index >= 15 is 0 Å². The van der Waals surface area contributed by atoms with Gasteiger partial charge >= 0.3 is 0 Å². The number of aryl methyl sites for hydroxylation is 2. The Labute approximate surface area is 149 Å². The minimum Gasteiger partial charge on any atom is -0.460 e. The molecule has 0 fully saturated rings. The Morgan fingerprint density at radius 3 is 1.50 bits per heavy atom. The number of rotatable bonds is 4. The van der Waals surface area contributed by atoms with Crippen molar-refractivity contribution in [3.05, 3.63) is 69.5 Å². The van der Waals surface area contributed by atoms with Gasteiger partial charge in [0.2, 0.25) is 0 Å². The van der Waals surface area contributed by atoms with Crippen LogP contribution in [0.15, 0.2) is 55.2 Å². The minimum absolute atomic E-state index is 0.446. The van der Waals surface area contributed by atoms with Crippen molar-refractivity contribution < 1.29 is 8.83 Å². The van der Waals surface area contributed by atoms with Gasteiger partial charge in [-0.25, -0.2) is 0 Å². The maximum absolute atomic E-state index is 6.26. The zero-order valence-electron chi connectivity index (χ0n) is 13.1. The first kappa shape index (κ1) is 16.6. The van der Waals surface area contributed by atoms with Crippen LogP contribution in [0.5, 0.6) is 0 Å². The van der Waals surface area contributed by atoms with Gasteiger partial charge in [0.25, 0.3) is 0 Å². The third-order valence-electron chi connectivity index (χ3n) is 3.20. The van der Waals surface area contributed by atoms with Gasteiger partial charge in [0, 0.05) is 0 Å². The highest BCUT2D eigenvalue weighted by atomic mass is 35.5. The lowest BCUT2D eigenvalue weighted by Gasteiger charge is -2.02. The summed E-state index contributed by atoms with van der Waals surface area (Å²) < 4.78 is 10.9. The van der Waals surface area contributed by atoms with Gasteiger partial charge in [-0.2, -0.15) is 0 Å². The Morgan fingerprint density at radius 1 is 0.750 bits per heavy atom. The molecule has 0 radical (unpaired) electrons. The fourth-order valence-electron chi connectivity index (χ4n) is 2.04. The lowest BCUT2D eigenvalue weighted by Crippen LogP contribution is -1.79. The van der Waals surface area contributed by atoms with E-state index in [0.29, 0.717) is 32.9 Å². The summed E-state index contributed by atoms with van der Waals surface area (Å²) in [6.07, 6.45) is 3.19. The molecule has 4 nitrogen and oxygen atoms in total. The molecule has 6 heteroatoms. The predicted octanol–water partition coefficient (Wildman–Crippen LogP) is 6.30. The molecule has 1 aromatic carbocycles. The Balaban J connectivity index is 1.83. The number of benzene rings is 1. The van der Waals surface area contributed by atoms with Crippen LogP contribution in [0, 0.1) is 13.8 Å². The lowest BCUT2D eigenvalue weighted by molar-refractivity contribution is 0.527. The predicted molar refractivity (Wildman–Crippen MR) is 97.9 cm³/mol. The Bertz CT molecular complexity index is 847. The quantitative estimate of drug-likeness (QED) is 0.512. The monoisotopic (exact) mass is 360 g/mol. The van der Waals surface area contributed by atoms with E-state index in [0.717, 1.165) is 11.5 Å². The maximum atomic E-state index is 6.26. The van der Waals surface area contributed by atoms with Gasteiger partial charge in [0.1, 0.15) is 23.0 Å². The highest BCUT2D eigenvalue weighted by molar-refractivity contribution is 6.37. The summed E-state index contributed by atoms with van der Waals surface area (Å²) in [5.41, 5.74) is 1.09. The van der Waals surface area contributed by atoms with E-state index in [4.69, 9.17) is 32.0 Å². The van der Waals surface area contributed by atoms with E-state index in [1.807, 2.05) is 38.1 Å². The van der Waals surface area contributed by atoms with Gasteiger partial charge in [-0.1, -0.05) is 23.2 Å². The van der Waals surface area contributed by atoms with E-state index in [-0.39, 0.29) is 0 Å². The first-order valence-electron chi connectivity index (χ1n) is 7.21. The molecule has 0 N–H and O–H groups in total. The fourth-order valence-corrected chi connectivity index (χ4v) is 2.45.